The van der Waals surface area contributed by atoms with Crippen LogP contribution in [0.1, 0.15) is 21.5 Å². The molecule has 0 unspecified atom stereocenters. The summed E-state index contributed by atoms with van der Waals surface area (Å²) in [6, 6.07) is 22.5. The Morgan fingerprint density at radius 3 is 2.45 bits per heavy atom. The van der Waals surface area contributed by atoms with E-state index in [9.17, 15) is 4.79 Å². The SMILES string of the molecule is Cc1ccc(C(=O)Nc2ccccc2Sc2nc(Cl)nn2Cc2ccc(Cl)cc2)cc1. The van der Waals surface area contributed by atoms with Crippen LogP contribution in [0, 0.1) is 6.92 Å². The fraction of sp³-hybridized carbons (Fsp3) is 0.0870. The third-order valence-electron chi connectivity index (χ3n) is 4.51. The molecule has 0 aliphatic heterocycles. The van der Waals surface area contributed by atoms with E-state index in [4.69, 9.17) is 23.2 Å². The highest BCUT2D eigenvalue weighted by molar-refractivity contribution is 7.99. The number of halogens is 2. The van der Waals surface area contributed by atoms with Gasteiger partial charge >= 0.3 is 0 Å². The van der Waals surface area contributed by atoms with Crippen LogP contribution in [0.5, 0.6) is 0 Å². The number of hydrogen-bond acceptors (Lipinski definition) is 4. The smallest absolute Gasteiger partial charge is 0.255 e. The van der Waals surface area contributed by atoms with Gasteiger partial charge in [-0.05, 0) is 72.2 Å². The topological polar surface area (TPSA) is 59.8 Å². The first-order valence-electron chi connectivity index (χ1n) is 9.47. The lowest BCUT2D eigenvalue weighted by Crippen LogP contribution is -2.12. The number of amides is 1. The standard InChI is InChI=1S/C23H18Cl2N4OS/c1-15-6-10-17(11-7-15)21(30)26-19-4-2-3-5-20(19)31-23-27-22(25)28-29(23)14-16-8-12-18(24)13-9-16/h2-13H,14H2,1H3,(H,26,30). The van der Waals surface area contributed by atoms with Crippen molar-refractivity contribution in [2.45, 2.75) is 23.5 Å². The molecule has 156 valence electrons. The molecule has 31 heavy (non-hydrogen) atoms. The van der Waals surface area contributed by atoms with E-state index >= 15 is 0 Å². The van der Waals surface area contributed by atoms with Gasteiger partial charge in [0.1, 0.15) is 0 Å². The normalized spacial score (nSPS) is 10.8. The van der Waals surface area contributed by atoms with Gasteiger partial charge in [0, 0.05) is 15.5 Å². The zero-order valence-corrected chi connectivity index (χ0v) is 18.9. The van der Waals surface area contributed by atoms with E-state index in [-0.39, 0.29) is 11.2 Å². The van der Waals surface area contributed by atoms with Gasteiger partial charge in [-0.1, -0.05) is 53.6 Å². The summed E-state index contributed by atoms with van der Waals surface area (Å²) in [5.74, 6) is -0.172. The third-order valence-corrected chi connectivity index (χ3v) is 5.98. The predicted molar refractivity (Wildman–Crippen MR) is 125 cm³/mol. The molecule has 0 saturated heterocycles. The Morgan fingerprint density at radius 1 is 1.00 bits per heavy atom. The molecule has 0 fully saturated rings. The molecule has 3 aromatic carbocycles. The van der Waals surface area contributed by atoms with Crippen LogP contribution in [0.4, 0.5) is 5.69 Å². The second kappa shape index (κ2) is 9.56. The maximum Gasteiger partial charge on any atom is 0.255 e. The van der Waals surface area contributed by atoms with E-state index < -0.39 is 0 Å². The minimum atomic E-state index is -0.172. The highest BCUT2D eigenvalue weighted by atomic mass is 35.5. The van der Waals surface area contributed by atoms with Crippen LogP contribution in [0.2, 0.25) is 10.3 Å². The number of aromatic nitrogens is 3. The summed E-state index contributed by atoms with van der Waals surface area (Å²) in [6.45, 7) is 2.48. The molecule has 4 rings (SSSR count). The maximum atomic E-state index is 12.7. The van der Waals surface area contributed by atoms with E-state index in [1.54, 1.807) is 4.68 Å². The lowest BCUT2D eigenvalue weighted by molar-refractivity contribution is 0.102. The van der Waals surface area contributed by atoms with Gasteiger partial charge in [-0.3, -0.25) is 4.79 Å². The Hall–Kier alpha value is -2.80. The average Bonchev–Trinajstić information content (AvgIpc) is 3.10. The van der Waals surface area contributed by atoms with Crippen LogP contribution in [0.15, 0.2) is 82.8 Å². The van der Waals surface area contributed by atoms with Crippen molar-refractivity contribution in [1.29, 1.82) is 0 Å². The number of rotatable bonds is 6. The molecular formula is C23H18Cl2N4OS. The van der Waals surface area contributed by atoms with Crippen LogP contribution in [-0.2, 0) is 6.54 Å². The molecule has 1 heterocycles. The third kappa shape index (κ3) is 5.47. The number of benzene rings is 3. The number of nitrogens with zero attached hydrogens (tertiary/aromatic N) is 3. The average molecular weight is 469 g/mol. The number of aryl methyl sites for hydroxylation is 1. The molecule has 5 nitrogen and oxygen atoms in total. The van der Waals surface area contributed by atoms with Crippen molar-refractivity contribution in [3.63, 3.8) is 0 Å². The largest absolute Gasteiger partial charge is 0.321 e. The molecule has 0 aliphatic rings. The number of carbonyl (C=O) groups is 1. The molecular weight excluding hydrogens is 451 g/mol. The highest BCUT2D eigenvalue weighted by Gasteiger charge is 2.15. The van der Waals surface area contributed by atoms with E-state index in [1.165, 1.54) is 11.8 Å². The number of para-hydroxylation sites is 1. The Kier molecular flexibility index (Phi) is 6.61. The fourth-order valence-electron chi connectivity index (χ4n) is 2.90. The van der Waals surface area contributed by atoms with Crippen LogP contribution in [-0.4, -0.2) is 20.7 Å². The highest BCUT2D eigenvalue weighted by Crippen LogP contribution is 2.33. The molecule has 1 amide bonds. The molecule has 1 aromatic heterocycles. The first-order valence-corrected chi connectivity index (χ1v) is 11.0. The summed E-state index contributed by atoms with van der Waals surface area (Å²) >= 11 is 13.5. The van der Waals surface area contributed by atoms with Gasteiger partial charge in [0.2, 0.25) is 5.28 Å². The minimum absolute atomic E-state index is 0.164. The van der Waals surface area contributed by atoms with Crippen molar-refractivity contribution < 1.29 is 4.79 Å². The quantitative estimate of drug-likeness (QED) is 0.358. The van der Waals surface area contributed by atoms with E-state index in [0.717, 1.165) is 16.0 Å². The van der Waals surface area contributed by atoms with Gasteiger partial charge in [0.05, 0.1) is 12.2 Å². The molecule has 0 radical (unpaired) electrons. The van der Waals surface area contributed by atoms with Gasteiger partial charge in [-0.2, -0.15) is 4.98 Å². The minimum Gasteiger partial charge on any atom is -0.321 e. The summed E-state index contributed by atoms with van der Waals surface area (Å²) in [6.07, 6.45) is 0. The molecule has 0 spiro atoms. The lowest BCUT2D eigenvalue weighted by atomic mass is 10.1. The first kappa shape index (κ1) is 21.4. The fourth-order valence-corrected chi connectivity index (χ4v) is 4.16. The van der Waals surface area contributed by atoms with Crippen molar-refractivity contribution in [2.24, 2.45) is 0 Å². The van der Waals surface area contributed by atoms with E-state index in [0.29, 0.717) is 28.0 Å². The summed E-state index contributed by atoms with van der Waals surface area (Å²) in [5, 5.41) is 8.75. The van der Waals surface area contributed by atoms with E-state index in [2.05, 4.69) is 15.4 Å². The summed E-state index contributed by atoms with van der Waals surface area (Å²) in [4.78, 5) is 17.9. The molecule has 1 N–H and O–H groups in total. The second-order valence-electron chi connectivity index (χ2n) is 6.87. The molecule has 0 aliphatic carbocycles. The first-order chi connectivity index (χ1) is 15.0. The van der Waals surface area contributed by atoms with E-state index in [1.807, 2.05) is 79.7 Å². The number of hydrogen-bond donors (Lipinski definition) is 1. The Bertz CT molecular complexity index is 1210. The monoisotopic (exact) mass is 468 g/mol. The van der Waals surface area contributed by atoms with Crippen LogP contribution in [0.25, 0.3) is 0 Å². The van der Waals surface area contributed by atoms with Crippen LogP contribution >= 0.6 is 35.0 Å². The predicted octanol–water partition coefficient (Wildman–Crippen LogP) is 6.35. The van der Waals surface area contributed by atoms with Gasteiger partial charge in [-0.15, -0.1) is 5.10 Å². The second-order valence-corrected chi connectivity index (χ2v) is 8.65. The number of nitrogens with one attached hydrogen (secondary N) is 1. The van der Waals surface area contributed by atoms with Crippen molar-refractivity contribution in [3.8, 4) is 0 Å². The Balaban J connectivity index is 1.56. The summed E-state index contributed by atoms with van der Waals surface area (Å²) in [5.41, 5.74) is 3.41. The molecule has 4 aromatic rings. The summed E-state index contributed by atoms with van der Waals surface area (Å²) < 4.78 is 1.73. The van der Waals surface area contributed by atoms with Gasteiger partial charge in [0.25, 0.3) is 5.91 Å². The van der Waals surface area contributed by atoms with Crippen molar-refractivity contribution in [1.82, 2.24) is 14.8 Å². The molecule has 0 bridgehead atoms. The van der Waals surface area contributed by atoms with Gasteiger partial charge in [0.15, 0.2) is 5.16 Å². The number of anilines is 1. The lowest BCUT2D eigenvalue weighted by Gasteiger charge is -2.11. The molecule has 0 saturated carbocycles. The van der Waals surface area contributed by atoms with Crippen molar-refractivity contribution in [3.05, 3.63) is 99.8 Å². The van der Waals surface area contributed by atoms with Crippen molar-refractivity contribution in [2.75, 3.05) is 5.32 Å². The maximum absolute atomic E-state index is 12.7. The zero-order chi connectivity index (χ0) is 21.8. The number of carbonyl (C=O) groups excluding carboxylic acids is 1. The molecule has 8 heteroatoms. The van der Waals surface area contributed by atoms with Crippen LogP contribution < -0.4 is 5.32 Å². The van der Waals surface area contributed by atoms with Gasteiger partial charge in [-0.25, -0.2) is 4.68 Å². The van der Waals surface area contributed by atoms with Crippen LogP contribution in [0.3, 0.4) is 0 Å². The Morgan fingerprint density at radius 2 is 1.71 bits per heavy atom. The van der Waals surface area contributed by atoms with Crippen molar-refractivity contribution >= 4 is 46.6 Å². The zero-order valence-electron chi connectivity index (χ0n) is 16.5. The summed E-state index contributed by atoms with van der Waals surface area (Å²) in [7, 11) is 0. The molecule has 0 atom stereocenters. The van der Waals surface area contributed by atoms with Gasteiger partial charge < -0.3 is 5.32 Å². The Labute approximate surface area is 194 Å².